The number of aromatic nitrogens is 1. The number of nitrogens with zero attached hydrogens (tertiary/aromatic N) is 1. The lowest BCUT2D eigenvalue weighted by molar-refractivity contribution is -0.274. The van der Waals surface area contributed by atoms with Crippen LogP contribution >= 0.6 is 11.6 Å². The van der Waals surface area contributed by atoms with Crippen LogP contribution in [0.25, 0.3) is 11.3 Å². The van der Waals surface area contributed by atoms with E-state index >= 15 is 0 Å². The van der Waals surface area contributed by atoms with Gasteiger partial charge < -0.3 is 4.74 Å². The highest BCUT2D eigenvalue weighted by atomic mass is 35.5. The minimum Gasteiger partial charge on any atom is -0.406 e. The SMILES string of the molecule is Cc1c(Cl)ccnc1-c1ccc(OC(F)(F)F)cc1. The topological polar surface area (TPSA) is 22.1 Å². The molecule has 0 N–H and O–H groups in total. The van der Waals surface area contributed by atoms with Crippen LogP contribution in [-0.2, 0) is 0 Å². The molecule has 1 aromatic carbocycles. The fourth-order valence-electron chi connectivity index (χ4n) is 1.62. The quantitative estimate of drug-likeness (QED) is 0.805. The molecule has 0 saturated heterocycles. The van der Waals surface area contributed by atoms with Crippen LogP contribution in [0.15, 0.2) is 36.5 Å². The highest BCUT2D eigenvalue weighted by Crippen LogP contribution is 2.29. The van der Waals surface area contributed by atoms with Crippen LogP contribution in [0.3, 0.4) is 0 Å². The average molecular weight is 288 g/mol. The van der Waals surface area contributed by atoms with Crippen molar-refractivity contribution in [3.05, 3.63) is 47.1 Å². The summed E-state index contributed by atoms with van der Waals surface area (Å²) >= 11 is 5.97. The Bertz CT molecular complexity index is 581. The summed E-state index contributed by atoms with van der Waals surface area (Å²) in [4.78, 5) is 4.17. The van der Waals surface area contributed by atoms with Crippen molar-refractivity contribution in [3.63, 3.8) is 0 Å². The summed E-state index contributed by atoms with van der Waals surface area (Å²) in [5, 5.41) is 0.556. The zero-order valence-corrected chi connectivity index (χ0v) is 10.6. The number of ether oxygens (including phenoxy) is 1. The first-order valence-electron chi connectivity index (χ1n) is 5.34. The summed E-state index contributed by atoms with van der Waals surface area (Å²) in [6.45, 7) is 1.80. The Morgan fingerprint density at radius 1 is 1.11 bits per heavy atom. The van der Waals surface area contributed by atoms with E-state index < -0.39 is 6.36 Å². The van der Waals surface area contributed by atoms with E-state index in [4.69, 9.17) is 11.6 Å². The van der Waals surface area contributed by atoms with Gasteiger partial charge >= 0.3 is 6.36 Å². The molecule has 0 spiro atoms. The molecule has 0 aliphatic carbocycles. The summed E-state index contributed by atoms with van der Waals surface area (Å²) < 4.78 is 39.9. The van der Waals surface area contributed by atoms with E-state index in [0.29, 0.717) is 16.3 Å². The molecule has 0 amide bonds. The molecule has 0 aliphatic heterocycles. The van der Waals surface area contributed by atoms with Crippen LogP contribution in [0.2, 0.25) is 5.02 Å². The molecule has 0 fully saturated rings. The summed E-state index contributed by atoms with van der Waals surface area (Å²) in [5.74, 6) is -0.268. The number of benzene rings is 1. The lowest BCUT2D eigenvalue weighted by Crippen LogP contribution is -2.16. The second-order valence-corrected chi connectivity index (χ2v) is 4.25. The third kappa shape index (κ3) is 3.38. The smallest absolute Gasteiger partial charge is 0.406 e. The minimum absolute atomic E-state index is 0.268. The van der Waals surface area contributed by atoms with Gasteiger partial charge in [-0.25, -0.2) is 0 Å². The van der Waals surface area contributed by atoms with E-state index in [1.165, 1.54) is 24.3 Å². The summed E-state index contributed by atoms with van der Waals surface area (Å²) in [7, 11) is 0. The Morgan fingerprint density at radius 2 is 1.74 bits per heavy atom. The first-order valence-corrected chi connectivity index (χ1v) is 5.72. The summed E-state index contributed by atoms with van der Waals surface area (Å²) in [6.07, 6.45) is -3.14. The lowest BCUT2D eigenvalue weighted by atomic mass is 10.1. The summed E-state index contributed by atoms with van der Waals surface area (Å²) in [6, 6.07) is 7.15. The van der Waals surface area contributed by atoms with Gasteiger partial charge in [0.1, 0.15) is 5.75 Å². The number of hydrogen-bond acceptors (Lipinski definition) is 2. The van der Waals surface area contributed by atoms with Crippen LogP contribution in [0.4, 0.5) is 13.2 Å². The zero-order valence-electron chi connectivity index (χ0n) is 9.83. The first-order chi connectivity index (χ1) is 8.87. The highest BCUT2D eigenvalue weighted by molar-refractivity contribution is 6.31. The predicted octanol–water partition coefficient (Wildman–Crippen LogP) is 4.61. The molecule has 6 heteroatoms. The third-order valence-electron chi connectivity index (χ3n) is 2.50. The lowest BCUT2D eigenvalue weighted by Gasteiger charge is -2.10. The van der Waals surface area contributed by atoms with Gasteiger partial charge in [0.15, 0.2) is 0 Å². The maximum atomic E-state index is 12.0. The molecule has 0 saturated carbocycles. The van der Waals surface area contributed by atoms with Gasteiger partial charge in [-0.3, -0.25) is 4.98 Å². The monoisotopic (exact) mass is 287 g/mol. The Hall–Kier alpha value is -1.75. The molecular formula is C13H9ClF3NO. The van der Waals surface area contributed by atoms with Crippen molar-refractivity contribution in [3.8, 4) is 17.0 Å². The zero-order chi connectivity index (χ0) is 14.0. The maximum Gasteiger partial charge on any atom is 0.573 e. The molecule has 1 heterocycles. The van der Waals surface area contributed by atoms with Gasteiger partial charge in [-0.05, 0) is 42.8 Å². The van der Waals surface area contributed by atoms with Gasteiger partial charge in [0.05, 0.1) is 5.69 Å². The van der Waals surface area contributed by atoms with Gasteiger partial charge in [0.25, 0.3) is 0 Å². The second kappa shape index (κ2) is 5.09. The van der Waals surface area contributed by atoms with E-state index in [2.05, 4.69) is 9.72 Å². The van der Waals surface area contributed by atoms with Gasteiger partial charge in [0.2, 0.25) is 0 Å². The maximum absolute atomic E-state index is 12.0. The van der Waals surface area contributed by atoms with Crippen LogP contribution in [0.1, 0.15) is 5.56 Å². The summed E-state index contributed by atoms with van der Waals surface area (Å²) in [5.41, 5.74) is 2.08. The molecule has 0 radical (unpaired) electrons. The van der Waals surface area contributed by atoms with Crippen molar-refractivity contribution >= 4 is 11.6 Å². The fourth-order valence-corrected chi connectivity index (χ4v) is 1.76. The van der Waals surface area contributed by atoms with E-state index in [1.54, 1.807) is 19.2 Å². The Labute approximate surface area is 112 Å². The van der Waals surface area contributed by atoms with Crippen molar-refractivity contribution in [1.82, 2.24) is 4.98 Å². The molecular weight excluding hydrogens is 279 g/mol. The molecule has 0 aliphatic rings. The highest BCUT2D eigenvalue weighted by Gasteiger charge is 2.30. The number of alkyl halides is 3. The molecule has 1 aromatic heterocycles. The molecule has 2 nitrogen and oxygen atoms in total. The van der Waals surface area contributed by atoms with Gasteiger partial charge in [0, 0.05) is 16.8 Å². The molecule has 2 rings (SSSR count). The van der Waals surface area contributed by atoms with E-state index in [0.717, 1.165) is 5.56 Å². The van der Waals surface area contributed by atoms with Gasteiger partial charge in [-0.1, -0.05) is 11.6 Å². The van der Waals surface area contributed by atoms with Crippen LogP contribution in [0, 0.1) is 6.92 Å². The van der Waals surface area contributed by atoms with Gasteiger partial charge in [-0.2, -0.15) is 0 Å². The Balaban J connectivity index is 2.30. The van der Waals surface area contributed by atoms with E-state index in [1.807, 2.05) is 0 Å². The predicted molar refractivity (Wildman–Crippen MR) is 66.1 cm³/mol. The van der Waals surface area contributed by atoms with Crippen molar-refractivity contribution < 1.29 is 17.9 Å². The minimum atomic E-state index is -4.69. The Morgan fingerprint density at radius 3 is 2.32 bits per heavy atom. The van der Waals surface area contributed by atoms with Crippen LogP contribution in [-0.4, -0.2) is 11.3 Å². The van der Waals surface area contributed by atoms with Crippen molar-refractivity contribution in [1.29, 1.82) is 0 Å². The van der Waals surface area contributed by atoms with Crippen molar-refractivity contribution in [2.45, 2.75) is 13.3 Å². The Kier molecular flexibility index (Phi) is 3.66. The molecule has 100 valence electrons. The fraction of sp³-hybridized carbons (Fsp3) is 0.154. The number of halogens is 4. The first kappa shape index (κ1) is 13.7. The van der Waals surface area contributed by atoms with Crippen molar-refractivity contribution in [2.75, 3.05) is 0 Å². The number of pyridine rings is 1. The second-order valence-electron chi connectivity index (χ2n) is 3.84. The largest absolute Gasteiger partial charge is 0.573 e. The van der Waals surface area contributed by atoms with E-state index in [-0.39, 0.29) is 5.75 Å². The molecule has 0 atom stereocenters. The van der Waals surface area contributed by atoms with Crippen molar-refractivity contribution in [2.24, 2.45) is 0 Å². The number of rotatable bonds is 2. The van der Waals surface area contributed by atoms with Gasteiger partial charge in [-0.15, -0.1) is 13.2 Å². The van der Waals surface area contributed by atoms with Crippen LogP contribution in [0.5, 0.6) is 5.75 Å². The number of hydrogen-bond donors (Lipinski definition) is 0. The van der Waals surface area contributed by atoms with E-state index in [9.17, 15) is 13.2 Å². The van der Waals surface area contributed by atoms with Crippen LogP contribution < -0.4 is 4.74 Å². The normalized spacial score (nSPS) is 11.4. The average Bonchev–Trinajstić information content (AvgIpc) is 2.32. The molecule has 0 bridgehead atoms. The third-order valence-corrected chi connectivity index (χ3v) is 2.91. The molecule has 19 heavy (non-hydrogen) atoms. The molecule has 0 unspecified atom stereocenters. The standard InChI is InChI=1S/C13H9ClF3NO/c1-8-11(14)6-7-18-12(8)9-2-4-10(5-3-9)19-13(15,16)17/h2-7H,1H3. The molecule has 2 aromatic rings.